The Balaban J connectivity index is 1.58. The first-order chi connectivity index (χ1) is 9.76. The second-order valence-electron chi connectivity index (χ2n) is 7.71. The quantitative estimate of drug-likeness (QED) is 0.804. The molecule has 116 valence electrons. The van der Waals surface area contributed by atoms with Gasteiger partial charge in [-0.15, -0.1) is 0 Å². The van der Waals surface area contributed by atoms with Gasteiger partial charge in [-0.05, 0) is 56.9 Å². The molecular weight excluding hydrogens is 246 g/mol. The van der Waals surface area contributed by atoms with Crippen LogP contribution in [0.3, 0.4) is 0 Å². The molecule has 1 atom stereocenters. The Morgan fingerprint density at radius 2 is 1.65 bits per heavy atom. The molecule has 2 saturated carbocycles. The van der Waals surface area contributed by atoms with Crippen LogP contribution in [0, 0.1) is 5.41 Å². The maximum Gasteiger partial charge on any atom is 0.0687 e. The first-order valence-corrected chi connectivity index (χ1v) is 9.15. The van der Waals surface area contributed by atoms with Gasteiger partial charge in [-0.1, -0.05) is 39.0 Å². The lowest BCUT2D eigenvalue weighted by Crippen LogP contribution is -2.39. The molecule has 1 unspecified atom stereocenters. The molecule has 2 nitrogen and oxygen atoms in total. The van der Waals surface area contributed by atoms with Crippen molar-refractivity contribution in [1.82, 2.24) is 5.32 Å². The minimum Gasteiger partial charge on any atom is -0.372 e. The van der Waals surface area contributed by atoms with E-state index in [2.05, 4.69) is 12.2 Å². The fraction of sp³-hybridized carbons (Fsp3) is 1.00. The highest BCUT2D eigenvalue weighted by Gasteiger charge is 2.44. The lowest BCUT2D eigenvalue weighted by molar-refractivity contribution is -0.0576. The van der Waals surface area contributed by atoms with Crippen molar-refractivity contribution in [3.63, 3.8) is 0 Å². The summed E-state index contributed by atoms with van der Waals surface area (Å²) in [6, 6.07) is 0. The summed E-state index contributed by atoms with van der Waals surface area (Å²) in [5, 5.41) is 3.64. The van der Waals surface area contributed by atoms with Crippen molar-refractivity contribution in [2.75, 3.05) is 13.1 Å². The summed E-state index contributed by atoms with van der Waals surface area (Å²) in [4.78, 5) is 0. The number of ether oxygens (including phenoxy) is 1. The maximum atomic E-state index is 6.59. The monoisotopic (exact) mass is 279 g/mol. The van der Waals surface area contributed by atoms with E-state index in [0.29, 0.717) is 17.1 Å². The van der Waals surface area contributed by atoms with E-state index < -0.39 is 0 Å². The molecule has 3 fully saturated rings. The lowest BCUT2D eigenvalue weighted by Gasteiger charge is -2.40. The number of hydrogen-bond donors (Lipinski definition) is 1. The van der Waals surface area contributed by atoms with Crippen molar-refractivity contribution in [3.8, 4) is 0 Å². The molecule has 0 aromatic rings. The maximum absolute atomic E-state index is 6.59. The zero-order chi connectivity index (χ0) is 13.9. The second-order valence-corrected chi connectivity index (χ2v) is 7.71. The Hall–Kier alpha value is -0.0800. The molecule has 1 aliphatic heterocycles. The summed E-state index contributed by atoms with van der Waals surface area (Å²) < 4.78 is 6.59. The van der Waals surface area contributed by atoms with Crippen LogP contribution >= 0.6 is 0 Å². The number of nitrogens with one attached hydrogen (secondary N) is 1. The highest BCUT2D eigenvalue weighted by atomic mass is 16.5. The topological polar surface area (TPSA) is 21.3 Å². The van der Waals surface area contributed by atoms with Gasteiger partial charge in [0.2, 0.25) is 0 Å². The Morgan fingerprint density at radius 3 is 2.35 bits per heavy atom. The van der Waals surface area contributed by atoms with Gasteiger partial charge < -0.3 is 10.1 Å². The van der Waals surface area contributed by atoms with E-state index in [1.165, 1.54) is 83.6 Å². The molecule has 1 spiro atoms. The molecule has 2 aliphatic carbocycles. The van der Waals surface area contributed by atoms with Gasteiger partial charge >= 0.3 is 0 Å². The smallest absolute Gasteiger partial charge is 0.0687 e. The second kappa shape index (κ2) is 6.36. The Labute approximate surface area is 125 Å². The van der Waals surface area contributed by atoms with Crippen LogP contribution in [0.25, 0.3) is 0 Å². The van der Waals surface area contributed by atoms with E-state index in [1.54, 1.807) is 0 Å². The van der Waals surface area contributed by atoms with Gasteiger partial charge in [-0.2, -0.15) is 0 Å². The summed E-state index contributed by atoms with van der Waals surface area (Å²) in [5.41, 5.74) is 0.863. The summed E-state index contributed by atoms with van der Waals surface area (Å²) in [5.74, 6) is 0. The first kappa shape index (κ1) is 14.8. The molecule has 1 heterocycles. The van der Waals surface area contributed by atoms with Gasteiger partial charge in [0.05, 0.1) is 11.7 Å². The average molecular weight is 279 g/mol. The van der Waals surface area contributed by atoms with E-state index in [-0.39, 0.29) is 0 Å². The average Bonchev–Trinajstić information content (AvgIpc) is 3.08. The SMILES string of the molecule is CCNCC1(CC2CCC3(CCCC3)O2)CCCCC1. The Kier molecular flexibility index (Phi) is 4.72. The third-order valence-electron chi connectivity index (χ3n) is 6.18. The molecule has 3 aliphatic rings. The van der Waals surface area contributed by atoms with Crippen LogP contribution in [-0.2, 0) is 4.74 Å². The molecule has 20 heavy (non-hydrogen) atoms. The molecule has 0 aromatic heterocycles. The van der Waals surface area contributed by atoms with E-state index in [1.807, 2.05) is 0 Å². The van der Waals surface area contributed by atoms with Crippen LogP contribution in [0.5, 0.6) is 0 Å². The fourth-order valence-electron chi connectivity index (χ4n) is 5.05. The predicted molar refractivity (Wildman–Crippen MR) is 84.0 cm³/mol. The van der Waals surface area contributed by atoms with Crippen molar-refractivity contribution in [2.45, 2.75) is 95.7 Å². The predicted octanol–water partition coefficient (Wildman–Crippen LogP) is 4.43. The van der Waals surface area contributed by atoms with Crippen molar-refractivity contribution < 1.29 is 4.74 Å². The van der Waals surface area contributed by atoms with Crippen LogP contribution in [-0.4, -0.2) is 24.8 Å². The van der Waals surface area contributed by atoms with Crippen molar-refractivity contribution in [3.05, 3.63) is 0 Å². The summed E-state index contributed by atoms with van der Waals surface area (Å²) >= 11 is 0. The van der Waals surface area contributed by atoms with E-state index in [9.17, 15) is 0 Å². The minimum atomic E-state index is 0.318. The molecule has 0 bridgehead atoms. The van der Waals surface area contributed by atoms with Gasteiger partial charge in [0, 0.05) is 6.54 Å². The molecular formula is C18H33NO. The molecule has 3 rings (SSSR count). The third-order valence-corrected chi connectivity index (χ3v) is 6.18. The van der Waals surface area contributed by atoms with E-state index >= 15 is 0 Å². The summed E-state index contributed by atoms with van der Waals surface area (Å²) in [6.45, 7) is 4.56. The largest absolute Gasteiger partial charge is 0.372 e. The van der Waals surface area contributed by atoms with E-state index in [0.717, 1.165) is 6.54 Å². The van der Waals surface area contributed by atoms with Crippen LogP contribution in [0.15, 0.2) is 0 Å². The van der Waals surface area contributed by atoms with Crippen LogP contribution < -0.4 is 5.32 Å². The highest BCUT2D eigenvalue weighted by Crippen LogP contribution is 2.48. The number of hydrogen-bond acceptors (Lipinski definition) is 2. The van der Waals surface area contributed by atoms with Gasteiger partial charge in [-0.3, -0.25) is 0 Å². The van der Waals surface area contributed by atoms with Gasteiger partial charge in [0.1, 0.15) is 0 Å². The molecule has 1 N–H and O–H groups in total. The summed E-state index contributed by atoms with van der Waals surface area (Å²) in [6.07, 6.45) is 17.2. The van der Waals surface area contributed by atoms with Crippen LogP contribution in [0.4, 0.5) is 0 Å². The fourth-order valence-corrected chi connectivity index (χ4v) is 5.05. The highest BCUT2D eigenvalue weighted by molar-refractivity contribution is 4.96. The zero-order valence-corrected chi connectivity index (χ0v) is 13.4. The van der Waals surface area contributed by atoms with E-state index in [4.69, 9.17) is 4.74 Å². The van der Waals surface area contributed by atoms with Crippen molar-refractivity contribution >= 4 is 0 Å². The molecule has 2 heteroatoms. The zero-order valence-electron chi connectivity index (χ0n) is 13.4. The molecule has 0 radical (unpaired) electrons. The van der Waals surface area contributed by atoms with Crippen LogP contribution in [0.2, 0.25) is 0 Å². The first-order valence-electron chi connectivity index (χ1n) is 9.15. The number of rotatable bonds is 5. The molecule has 1 saturated heterocycles. The third kappa shape index (κ3) is 3.22. The van der Waals surface area contributed by atoms with Gasteiger partial charge in [0.15, 0.2) is 0 Å². The van der Waals surface area contributed by atoms with Crippen LogP contribution in [0.1, 0.15) is 84.0 Å². The molecule has 0 amide bonds. The Morgan fingerprint density at radius 1 is 0.950 bits per heavy atom. The standard InChI is InChI=1S/C18H33NO/c1-2-19-15-17(9-4-3-5-10-17)14-16-8-13-18(20-16)11-6-7-12-18/h16,19H,2-15H2,1H3. The summed E-state index contributed by atoms with van der Waals surface area (Å²) in [7, 11) is 0. The van der Waals surface area contributed by atoms with Crippen molar-refractivity contribution in [2.24, 2.45) is 5.41 Å². The molecule has 0 aromatic carbocycles. The Bertz CT molecular complexity index is 303. The van der Waals surface area contributed by atoms with Gasteiger partial charge in [-0.25, -0.2) is 0 Å². The van der Waals surface area contributed by atoms with Gasteiger partial charge in [0.25, 0.3) is 0 Å². The normalized spacial score (nSPS) is 31.9. The minimum absolute atomic E-state index is 0.318. The van der Waals surface area contributed by atoms with Crippen molar-refractivity contribution in [1.29, 1.82) is 0 Å². The lowest BCUT2D eigenvalue weighted by atomic mass is 9.70.